The van der Waals surface area contributed by atoms with E-state index in [9.17, 15) is 5.11 Å². The molecule has 1 saturated heterocycles. The van der Waals surface area contributed by atoms with E-state index < -0.39 is 5.60 Å². The van der Waals surface area contributed by atoms with Crippen molar-refractivity contribution in [2.75, 3.05) is 31.1 Å². The number of hydrogen-bond donors (Lipinski definition) is 1. The standard InChI is InChI=1S/C23H31BrN2O/c1-23(2,27)18-25-14-12-20(13-15-25)17-26(16-19-6-4-3-5-7-19)22-10-8-21(24)9-11-22/h3-11,20,27H,12-18H2,1-2H3. The summed E-state index contributed by atoms with van der Waals surface area (Å²) in [5.74, 6) is 0.690. The largest absolute Gasteiger partial charge is 0.389 e. The molecule has 0 unspecified atom stereocenters. The first-order chi connectivity index (χ1) is 12.9. The van der Waals surface area contributed by atoms with Gasteiger partial charge in [-0.05, 0) is 75.5 Å². The number of likely N-dealkylation sites (tertiary alicyclic amines) is 1. The summed E-state index contributed by atoms with van der Waals surface area (Å²) < 4.78 is 1.12. The molecule has 3 rings (SSSR count). The van der Waals surface area contributed by atoms with Crippen molar-refractivity contribution in [3.05, 3.63) is 64.6 Å². The van der Waals surface area contributed by atoms with Crippen molar-refractivity contribution in [1.29, 1.82) is 0 Å². The maximum absolute atomic E-state index is 10.1. The third-order valence-corrected chi connectivity index (χ3v) is 5.73. The van der Waals surface area contributed by atoms with Crippen LogP contribution in [0.3, 0.4) is 0 Å². The molecule has 4 heteroatoms. The zero-order chi connectivity index (χ0) is 19.3. The molecule has 0 aromatic heterocycles. The topological polar surface area (TPSA) is 26.7 Å². The van der Waals surface area contributed by atoms with Crippen molar-refractivity contribution in [3.63, 3.8) is 0 Å². The Hall–Kier alpha value is -1.36. The first-order valence-electron chi connectivity index (χ1n) is 9.88. The van der Waals surface area contributed by atoms with E-state index in [1.807, 2.05) is 13.8 Å². The summed E-state index contributed by atoms with van der Waals surface area (Å²) in [4.78, 5) is 4.91. The Morgan fingerprint density at radius 2 is 1.67 bits per heavy atom. The van der Waals surface area contributed by atoms with Crippen LogP contribution in [0.5, 0.6) is 0 Å². The summed E-state index contributed by atoms with van der Waals surface area (Å²) in [5.41, 5.74) is 2.02. The average Bonchev–Trinajstić information content (AvgIpc) is 2.63. The van der Waals surface area contributed by atoms with Gasteiger partial charge in [0.15, 0.2) is 0 Å². The highest BCUT2D eigenvalue weighted by Crippen LogP contribution is 2.26. The quantitative estimate of drug-likeness (QED) is 0.673. The lowest BCUT2D eigenvalue weighted by molar-refractivity contribution is 0.0248. The number of hydrogen-bond acceptors (Lipinski definition) is 3. The SMILES string of the molecule is CC(C)(O)CN1CCC(CN(Cc2ccccc2)c2ccc(Br)cc2)CC1. The van der Waals surface area contributed by atoms with Crippen LogP contribution in [0, 0.1) is 5.92 Å². The second kappa shape index (κ2) is 9.22. The molecule has 27 heavy (non-hydrogen) atoms. The van der Waals surface area contributed by atoms with E-state index in [2.05, 4.69) is 80.3 Å². The fourth-order valence-corrected chi connectivity index (χ4v) is 4.17. The number of piperidine rings is 1. The van der Waals surface area contributed by atoms with E-state index in [0.717, 1.165) is 37.2 Å². The zero-order valence-electron chi connectivity index (χ0n) is 16.4. The molecule has 0 amide bonds. The predicted octanol–water partition coefficient (Wildman–Crippen LogP) is 4.94. The van der Waals surface area contributed by atoms with Gasteiger partial charge < -0.3 is 14.9 Å². The van der Waals surface area contributed by atoms with Crippen LogP contribution in [0.4, 0.5) is 5.69 Å². The molecule has 0 radical (unpaired) electrons. The van der Waals surface area contributed by atoms with Crippen molar-refractivity contribution in [1.82, 2.24) is 4.90 Å². The normalized spacial score (nSPS) is 16.4. The Bertz CT molecular complexity index is 689. The molecule has 1 aliphatic heterocycles. The fourth-order valence-electron chi connectivity index (χ4n) is 3.90. The minimum absolute atomic E-state index is 0.608. The number of aliphatic hydroxyl groups is 1. The highest BCUT2D eigenvalue weighted by atomic mass is 79.9. The minimum atomic E-state index is -0.608. The first kappa shape index (κ1) is 20.4. The van der Waals surface area contributed by atoms with Crippen LogP contribution < -0.4 is 4.90 Å². The van der Waals surface area contributed by atoms with Gasteiger partial charge >= 0.3 is 0 Å². The summed E-state index contributed by atoms with van der Waals surface area (Å²) >= 11 is 3.55. The van der Waals surface area contributed by atoms with E-state index >= 15 is 0 Å². The van der Waals surface area contributed by atoms with Gasteiger partial charge in [0, 0.05) is 29.8 Å². The molecule has 0 saturated carbocycles. The van der Waals surface area contributed by atoms with Crippen LogP contribution in [0.15, 0.2) is 59.1 Å². The molecule has 2 aromatic carbocycles. The molecule has 0 bridgehead atoms. The molecule has 1 fully saturated rings. The van der Waals surface area contributed by atoms with Crippen LogP contribution in [-0.2, 0) is 6.54 Å². The third kappa shape index (κ3) is 6.63. The van der Waals surface area contributed by atoms with E-state index in [1.165, 1.54) is 24.1 Å². The van der Waals surface area contributed by atoms with Gasteiger partial charge in [-0.2, -0.15) is 0 Å². The lowest BCUT2D eigenvalue weighted by atomic mass is 9.94. The lowest BCUT2D eigenvalue weighted by Crippen LogP contribution is -2.44. The molecule has 1 aliphatic rings. The summed E-state index contributed by atoms with van der Waals surface area (Å²) in [6.07, 6.45) is 2.38. The van der Waals surface area contributed by atoms with E-state index in [1.54, 1.807) is 0 Å². The van der Waals surface area contributed by atoms with Gasteiger partial charge in [0.05, 0.1) is 5.60 Å². The van der Waals surface area contributed by atoms with Gasteiger partial charge in [-0.15, -0.1) is 0 Å². The van der Waals surface area contributed by atoms with Crippen molar-refractivity contribution in [3.8, 4) is 0 Å². The number of anilines is 1. The summed E-state index contributed by atoms with van der Waals surface area (Å²) in [7, 11) is 0. The average molecular weight is 431 g/mol. The van der Waals surface area contributed by atoms with Crippen LogP contribution in [-0.4, -0.2) is 41.8 Å². The van der Waals surface area contributed by atoms with E-state index in [4.69, 9.17) is 0 Å². The number of nitrogens with zero attached hydrogens (tertiary/aromatic N) is 2. The van der Waals surface area contributed by atoms with Crippen LogP contribution in [0.2, 0.25) is 0 Å². The van der Waals surface area contributed by atoms with Gasteiger partial charge in [0.1, 0.15) is 0 Å². The van der Waals surface area contributed by atoms with Crippen LogP contribution in [0.25, 0.3) is 0 Å². The number of benzene rings is 2. The second-order valence-electron chi connectivity index (χ2n) is 8.37. The maximum Gasteiger partial charge on any atom is 0.0718 e. The highest BCUT2D eigenvalue weighted by molar-refractivity contribution is 9.10. The van der Waals surface area contributed by atoms with E-state index in [-0.39, 0.29) is 0 Å². The Morgan fingerprint density at radius 3 is 2.26 bits per heavy atom. The zero-order valence-corrected chi connectivity index (χ0v) is 18.0. The highest BCUT2D eigenvalue weighted by Gasteiger charge is 2.25. The summed E-state index contributed by atoms with van der Waals surface area (Å²) in [5, 5.41) is 10.1. The van der Waals surface area contributed by atoms with Crippen molar-refractivity contribution >= 4 is 21.6 Å². The monoisotopic (exact) mass is 430 g/mol. The predicted molar refractivity (Wildman–Crippen MR) is 117 cm³/mol. The van der Waals surface area contributed by atoms with Gasteiger partial charge in [-0.25, -0.2) is 0 Å². The lowest BCUT2D eigenvalue weighted by Gasteiger charge is -2.37. The van der Waals surface area contributed by atoms with Crippen molar-refractivity contribution < 1.29 is 5.11 Å². The first-order valence-corrected chi connectivity index (χ1v) is 10.7. The number of halogens is 1. The Labute approximate surface area is 172 Å². The number of β-amino-alcohol motifs (C(OH)–C–C–N with tert-alkyl or cyclic N) is 1. The maximum atomic E-state index is 10.1. The molecular formula is C23H31BrN2O. The molecule has 1 N–H and O–H groups in total. The number of rotatable bonds is 7. The van der Waals surface area contributed by atoms with Crippen molar-refractivity contribution in [2.24, 2.45) is 5.92 Å². The van der Waals surface area contributed by atoms with E-state index in [0.29, 0.717) is 5.92 Å². The van der Waals surface area contributed by atoms with Crippen LogP contribution >= 0.6 is 15.9 Å². The second-order valence-corrected chi connectivity index (χ2v) is 9.29. The molecule has 3 nitrogen and oxygen atoms in total. The molecular weight excluding hydrogens is 400 g/mol. The molecule has 0 aliphatic carbocycles. The Morgan fingerprint density at radius 1 is 1.04 bits per heavy atom. The Balaban J connectivity index is 1.64. The molecule has 1 heterocycles. The molecule has 0 spiro atoms. The van der Waals surface area contributed by atoms with Gasteiger partial charge in [0.25, 0.3) is 0 Å². The molecule has 146 valence electrons. The van der Waals surface area contributed by atoms with Gasteiger partial charge in [-0.1, -0.05) is 46.3 Å². The molecule has 0 atom stereocenters. The fraction of sp³-hybridized carbons (Fsp3) is 0.478. The summed E-state index contributed by atoms with van der Waals surface area (Å²) in [6, 6.07) is 19.4. The van der Waals surface area contributed by atoms with Gasteiger partial charge in [0.2, 0.25) is 0 Å². The smallest absolute Gasteiger partial charge is 0.0718 e. The van der Waals surface area contributed by atoms with Gasteiger partial charge in [-0.3, -0.25) is 0 Å². The van der Waals surface area contributed by atoms with Crippen LogP contribution in [0.1, 0.15) is 32.3 Å². The Kier molecular flexibility index (Phi) is 6.96. The minimum Gasteiger partial charge on any atom is -0.389 e. The summed E-state index contributed by atoms with van der Waals surface area (Å²) in [6.45, 7) is 8.73. The molecule has 2 aromatic rings. The third-order valence-electron chi connectivity index (χ3n) is 5.20. The van der Waals surface area contributed by atoms with Crippen molar-refractivity contribution in [2.45, 2.75) is 38.8 Å².